The summed E-state index contributed by atoms with van der Waals surface area (Å²) >= 11 is 0. The third kappa shape index (κ3) is 5.85. The number of nitrogens with one attached hydrogen (secondary N) is 1. The first-order valence-electron chi connectivity index (χ1n) is 5.96. The zero-order chi connectivity index (χ0) is 14.1. The SMILES string of the molecule is CCOC(=O)C(=O)NCCCOc1ccc(F)cc1. The molecule has 0 saturated heterocycles. The van der Waals surface area contributed by atoms with Crippen LogP contribution in [-0.2, 0) is 14.3 Å². The summed E-state index contributed by atoms with van der Waals surface area (Å²) in [4.78, 5) is 22.1. The van der Waals surface area contributed by atoms with Crippen LogP contribution < -0.4 is 10.1 Å². The van der Waals surface area contributed by atoms with Gasteiger partial charge in [0.1, 0.15) is 11.6 Å². The monoisotopic (exact) mass is 269 g/mol. The van der Waals surface area contributed by atoms with Gasteiger partial charge in [-0.15, -0.1) is 0 Å². The van der Waals surface area contributed by atoms with Crippen molar-refractivity contribution in [1.29, 1.82) is 0 Å². The van der Waals surface area contributed by atoms with Gasteiger partial charge in [-0.05, 0) is 37.6 Å². The Morgan fingerprint density at radius 3 is 2.58 bits per heavy atom. The van der Waals surface area contributed by atoms with E-state index in [1.807, 2.05) is 0 Å². The highest BCUT2D eigenvalue weighted by molar-refractivity contribution is 6.32. The van der Waals surface area contributed by atoms with Crippen molar-refractivity contribution in [3.05, 3.63) is 30.1 Å². The van der Waals surface area contributed by atoms with E-state index in [0.29, 0.717) is 25.3 Å². The zero-order valence-corrected chi connectivity index (χ0v) is 10.6. The molecule has 1 N–H and O–H groups in total. The fourth-order valence-corrected chi connectivity index (χ4v) is 1.26. The van der Waals surface area contributed by atoms with Crippen LogP contribution in [0, 0.1) is 5.82 Å². The Kier molecular flexibility index (Phi) is 6.35. The Balaban J connectivity index is 2.13. The molecule has 1 aromatic rings. The lowest BCUT2D eigenvalue weighted by atomic mass is 10.3. The Labute approximate surface area is 110 Å². The van der Waals surface area contributed by atoms with Crippen LogP contribution in [-0.4, -0.2) is 31.6 Å². The fourth-order valence-electron chi connectivity index (χ4n) is 1.26. The van der Waals surface area contributed by atoms with Crippen molar-refractivity contribution in [2.45, 2.75) is 13.3 Å². The molecule has 0 radical (unpaired) electrons. The van der Waals surface area contributed by atoms with Gasteiger partial charge in [-0.3, -0.25) is 4.79 Å². The Hall–Kier alpha value is -2.11. The molecule has 0 atom stereocenters. The van der Waals surface area contributed by atoms with Gasteiger partial charge in [0.2, 0.25) is 0 Å². The van der Waals surface area contributed by atoms with Gasteiger partial charge in [0.15, 0.2) is 0 Å². The predicted molar refractivity (Wildman–Crippen MR) is 66.2 cm³/mol. The highest BCUT2D eigenvalue weighted by Crippen LogP contribution is 2.10. The standard InChI is InChI=1S/C13H16FNO4/c1-2-18-13(17)12(16)15-8-3-9-19-11-6-4-10(14)5-7-11/h4-7H,2-3,8-9H2,1H3,(H,15,16). The van der Waals surface area contributed by atoms with Gasteiger partial charge in [-0.2, -0.15) is 0 Å². The van der Waals surface area contributed by atoms with E-state index in [-0.39, 0.29) is 12.4 Å². The number of rotatable bonds is 6. The lowest BCUT2D eigenvalue weighted by molar-refractivity contribution is -0.154. The van der Waals surface area contributed by atoms with Gasteiger partial charge in [0.05, 0.1) is 13.2 Å². The largest absolute Gasteiger partial charge is 0.494 e. The average molecular weight is 269 g/mol. The zero-order valence-electron chi connectivity index (χ0n) is 10.6. The molecule has 0 unspecified atom stereocenters. The average Bonchev–Trinajstić information content (AvgIpc) is 2.40. The number of ether oxygens (including phenoxy) is 2. The first kappa shape index (κ1) is 14.9. The fraction of sp³-hybridized carbons (Fsp3) is 0.385. The second kappa shape index (κ2) is 8.07. The van der Waals surface area contributed by atoms with Crippen molar-refractivity contribution in [3.63, 3.8) is 0 Å². The number of amides is 1. The van der Waals surface area contributed by atoms with Gasteiger partial charge in [-0.25, -0.2) is 9.18 Å². The van der Waals surface area contributed by atoms with E-state index >= 15 is 0 Å². The smallest absolute Gasteiger partial charge is 0.396 e. The van der Waals surface area contributed by atoms with E-state index in [1.54, 1.807) is 6.92 Å². The molecule has 1 amide bonds. The van der Waals surface area contributed by atoms with Crippen LogP contribution in [0.5, 0.6) is 5.75 Å². The predicted octanol–water partition coefficient (Wildman–Crippen LogP) is 1.27. The normalized spacial score (nSPS) is 9.79. The summed E-state index contributed by atoms with van der Waals surface area (Å²) in [7, 11) is 0. The summed E-state index contributed by atoms with van der Waals surface area (Å²) < 4.78 is 22.5. The van der Waals surface area contributed by atoms with Gasteiger partial charge < -0.3 is 14.8 Å². The third-order valence-electron chi connectivity index (χ3n) is 2.15. The molecule has 0 aromatic heterocycles. The maximum Gasteiger partial charge on any atom is 0.396 e. The van der Waals surface area contributed by atoms with Crippen LogP contribution in [0.2, 0.25) is 0 Å². The molecule has 0 aliphatic carbocycles. The van der Waals surface area contributed by atoms with Crippen LogP contribution in [0.15, 0.2) is 24.3 Å². The lowest BCUT2D eigenvalue weighted by Gasteiger charge is -2.07. The maximum absolute atomic E-state index is 12.6. The van der Waals surface area contributed by atoms with Crippen LogP contribution in [0.3, 0.4) is 0 Å². The van der Waals surface area contributed by atoms with Crippen LogP contribution in [0.4, 0.5) is 4.39 Å². The summed E-state index contributed by atoms with van der Waals surface area (Å²) in [5.41, 5.74) is 0. The van der Waals surface area contributed by atoms with Crippen LogP contribution in [0.25, 0.3) is 0 Å². The summed E-state index contributed by atoms with van der Waals surface area (Å²) in [6, 6.07) is 5.65. The van der Waals surface area contributed by atoms with E-state index in [9.17, 15) is 14.0 Å². The number of halogens is 1. The molecular formula is C13H16FNO4. The summed E-state index contributed by atoms with van der Waals surface area (Å²) in [6.07, 6.45) is 0.530. The van der Waals surface area contributed by atoms with Crippen molar-refractivity contribution < 1.29 is 23.5 Å². The first-order valence-corrected chi connectivity index (χ1v) is 5.96. The molecule has 5 nitrogen and oxygen atoms in total. The number of hydrogen-bond acceptors (Lipinski definition) is 4. The molecule has 0 aliphatic heterocycles. The van der Waals surface area contributed by atoms with E-state index in [2.05, 4.69) is 10.1 Å². The van der Waals surface area contributed by atoms with Crippen LogP contribution in [0.1, 0.15) is 13.3 Å². The third-order valence-corrected chi connectivity index (χ3v) is 2.15. The second-order valence-electron chi connectivity index (χ2n) is 3.63. The van der Waals surface area contributed by atoms with Gasteiger partial charge in [0, 0.05) is 6.54 Å². The highest BCUT2D eigenvalue weighted by Gasteiger charge is 2.12. The lowest BCUT2D eigenvalue weighted by Crippen LogP contribution is -2.33. The molecule has 19 heavy (non-hydrogen) atoms. The molecule has 0 saturated carbocycles. The molecule has 0 aliphatic rings. The number of benzene rings is 1. The number of carbonyl (C=O) groups is 2. The van der Waals surface area contributed by atoms with Crippen molar-refractivity contribution in [2.24, 2.45) is 0 Å². The minimum atomic E-state index is -0.887. The molecule has 104 valence electrons. The van der Waals surface area contributed by atoms with Crippen LogP contribution >= 0.6 is 0 Å². The first-order chi connectivity index (χ1) is 9.13. The molecule has 0 bridgehead atoms. The van der Waals surface area contributed by atoms with E-state index < -0.39 is 11.9 Å². The molecule has 0 fully saturated rings. The second-order valence-corrected chi connectivity index (χ2v) is 3.63. The summed E-state index contributed by atoms with van der Waals surface area (Å²) in [6.45, 7) is 2.45. The molecule has 6 heteroatoms. The Bertz CT molecular complexity index is 419. The van der Waals surface area contributed by atoms with E-state index in [4.69, 9.17) is 4.74 Å². The minimum absolute atomic E-state index is 0.167. The van der Waals surface area contributed by atoms with E-state index in [0.717, 1.165) is 0 Å². The Morgan fingerprint density at radius 2 is 1.95 bits per heavy atom. The van der Waals surface area contributed by atoms with Gasteiger partial charge in [0.25, 0.3) is 0 Å². The van der Waals surface area contributed by atoms with Crippen molar-refractivity contribution in [2.75, 3.05) is 19.8 Å². The molecule has 1 rings (SSSR count). The number of esters is 1. The highest BCUT2D eigenvalue weighted by atomic mass is 19.1. The van der Waals surface area contributed by atoms with E-state index in [1.165, 1.54) is 24.3 Å². The quantitative estimate of drug-likeness (QED) is 0.480. The van der Waals surface area contributed by atoms with Crippen molar-refractivity contribution in [3.8, 4) is 5.75 Å². The number of hydrogen-bond donors (Lipinski definition) is 1. The summed E-state index contributed by atoms with van der Waals surface area (Å²) in [5.74, 6) is -1.42. The maximum atomic E-state index is 12.6. The Morgan fingerprint density at radius 1 is 1.26 bits per heavy atom. The molecule has 0 spiro atoms. The van der Waals surface area contributed by atoms with Gasteiger partial charge in [-0.1, -0.05) is 0 Å². The number of carbonyl (C=O) groups excluding carboxylic acids is 2. The molecule has 0 heterocycles. The van der Waals surface area contributed by atoms with Gasteiger partial charge >= 0.3 is 11.9 Å². The minimum Gasteiger partial charge on any atom is -0.494 e. The molecule has 1 aromatic carbocycles. The molecular weight excluding hydrogens is 253 g/mol. The van der Waals surface area contributed by atoms with Crippen molar-refractivity contribution >= 4 is 11.9 Å². The van der Waals surface area contributed by atoms with Crippen molar-refractivity contribution in [1.82, 2.24) is 5.32 Å². The topological polar surface area (TPSA) is 64.6 Å². The summed E-state index contributed by atoms with van der Waals surface area (Å²) in [5, 5.41) is 2.41.